The fourth-order valence-corrected chi connectivity index (χ4v) is 6.14. The van der Waals surface area contributed by atoms with Crippen molar-refractivity contribution in [2.75, 3.05) is 25.5 Å². The number of carbonyl (C=O) groups is 1. The molecule has 4 rings (SSSR count). The quantitative estimate of drug-likeness (QED) is 0.517. The number of sulfonamides is 1. The maximum absolute atomic E-state index is 13.1. The van der Waals surface area contributed by atoms with Crippen LogP contribution in [0, 0.1) is 0 Å². The second kappa shape index (κ2) is 8.93. The molecule has 0 amide bonds. The molecule has 2 aromatic carbocycles. The second-order valence-electron chi connectivity index (χ2n) is 6.93. The highest BCUT2D eigenvalue weighted by Crippen LogP contribution is 2.36. The molecular weight excluding hydrogens is 472 g/mol. The van der Waals surface area contributed by atoms with Gasteiger partial charge in [-0.2, -0.15) is 0 Å². The summed E-state index contributed by atoms with van der Waals surface area (Å²) in [5.74, 6) is -0.722. The SMILES string of the molecule is COC(=O)c1csc(S(=O)(=O)Nc2cccc(C3=NCCc4ccc(Cl)cc43)c2)c1OC. The lowest BCUT2D eigenvalue weighted by atomic mass is 9.93. The minimum atomic E-state index is -4.02. The molecule has 1 aromatic heterocycles. The largest absolute Gasteiger partial charge is 0.493 e. The van der Waals surface area contributed by atoms with Gasteiger partial charge in [-0.15, -0.1) is 11.3 Å². The molecule has 10 heteroatoms. The van der Waals surface area contributed by atoms with Crippen molar-refractivity contribution < 1.29 is 22.7 Å². The molecule has 0 aliphatic carbocycles. The van der Waals surface area contributed by atoms with E-state index in [1.807, 2.05) is 24.3 Å². The van der Waals surface area contributed by atoms with E-state index in [9.17, 15) is 13.2 Å². The zero-order chi connectivity index (χ0) is 22.9. The summed E-state index contributed by atoms with van der Waals surface area (Å²) in [7, 11) is -1.49. The van der Waals surface area contributed by atoms with E-state index in [0.29, 0.717) is 17.3 Å². The molecule has 1 N–H and O–H groups in total. The van der Waals surface area contributed by atoms with Crippen LogP contribution in [0.15, 0.2) is 57.0 Å². The summed E-state index contributed by atoms with van der Waals surface area (Å²) in [5.41, 5.74) is 4.02. The zero-order valence-electron chi connectivity index (χ0n) is 17.2. The van der Waals surface area contributed by atoms with Gasteiger partial charge in [0.05, 0.1) is 19.9 Å². The lowest BCUT2D eigenvalue weighted by Crippen LogP contribution is -2.16. The van der Waals surface area contributed by atoms with Gasteiger partial charge in [-0.05, 0) is 36.2 Å². The fourth-order valence-electron chi connectivity index (χ4n) is 3.50. The maximum Gasteiger partial charge on any atom is 0.342 e. The first-order valence-electron chi connectivity index (χ1n) is 9.54. The average Bonchev–Trinajstić information content (AvgIpc) is 3.23. The summed E-state index contributed by atoms with van der Waals surface area (Å²) in [5, 5.41) is 2.01. The van der Waals surface area contributed by atoms with Crippen molar-refractivity contribution in [1.29, 1.82) is 0 Å². The van der Waals surface area contributed by atoms with Gasteiger partial charge in [-0.1, -0.05) is 29.8 Å². The summed E-state index contributed by atoms with van der Waals surface area (Å²) in [6.07, 6.45) is 0.822. The van der Waals surface area contributed by atoms with E-state index in [1.165, 1.54) is 19.6 Å². The third-order valence-corrected chi connectivity index (χ3v) is 8.05. The molecule has 0 saturated heterocycles. The Balaban J connectivity index is 1.67. The average molecular weight is 491 g/mol. The van der Waals surface area contributed by atoms with Crippen molar-refractivity contribution in [2.24, 2.45) is 4.99 Å². The van der Waals surface area contributed by atoms with Gasteiger partial charge in [0.15, 0.2) is 9.96 Å². The van der Waals surface area contributed by atoms with Crippen LogP contribution < -0.4 is 9.46 Å². The third kappa shape index (κ3) is 4.23. The first kappa shape index (κ1) is 22.3. The minimum absolute atomic E-state index is 0.0503. The molecule has 0 fully saturated rings. The number of hydrogen-bond acceptors (Lipinski definition) is 7. The second-order valence-corrected chi connectivity index (χ2v) is 10.1. The smallest absolute Gasteiger partial charge is 0.342 e. The molecule has 0 atom stereocenters. The molecule has 2 heterocycles. The fraction of sp³-hybridized carbons (Fsp3) is 0.182. The predicted octanol–water partition coefficient (Wildman–Crippen LogP) is 4.39. The topological polar surface area (TPSA) is 94.1 Å². The van der Waals surface area contributed by atoms with Gasteiger partial charge in [0.25, 0.3) is 10.0 Å². The Morgan fingerprint density at radius 2 is 2.00 bits per heavy atom. The van der Waals surface area contributed by atoms with Crippen molar-refractivity contribution >= 4 is 50.3 Å². The normalized spacial score (nSPS) is 13.2. The van der Waals surface area contributed by atoms with E-state index in [-0.39, 0.29) is 15.5 Å². The molecule has 0 spiro atoms. The predicted molar refractivity (Wildman–Crippen MR) is 125 cm³/mol. The van der Waals surface area contributed by atoms with Crippen LogP contribution in [0.3, 0.4) is 0 Å². The standard InChI is InChI=1S/C22H19ClN2O5S2/c1-29-20-18(21(26)30-2)12-31-22(20)32(27,28)25-16-5-3-4-14(10-16)19-17-11-15(23)7-6-13(17)8-9-24-19/h3-7,10-12,25H,8-9H2,1-2H3. The third-order valence-electron chi connectivity index (χ3n) is 4.93. The van der Waals surface area contributed by atoms with Crippen molar-refractivity contribution in [3.63, 3.8) is 0 Å². The summed E-state index contributed by atoms with van der Waals surface area (Å²) >= 11 is 7.07. The zero-order valence-corrected chi connectivity index (χ0v) is 19.6. The number of fused-ring (bicyclic) bond motifs is 1. The Bertz CT molecular complexity index is 1330. The number of carbonyl (C=O) groups excluding carboxylic acids is 1. The summed E-state index contributed by atoms with van der Waals surface area (Å²) < 4.78 is 38.4. The van der Waals surface area contributed by atoms with Crippen LogP contribution in [0.4, 0.5) is 5.69 Å². The Labute approximate surface area is 194 Å². The van der Waals surface area contributed by atoms with E-state index in [4.69, 9.17) is 21.1 Å². The van der Waals surface area contributed by atoms with Gasteiger partial charge in [0, 0.05) is 33.8 Å². The number of methoxy groups -OCH3 is 2. The molecular formula is C22H19ClN2O5S2. The molecule has 166 valence electrons. The first-order valence-corrected chi connectivity index (χ1v) is 12.3. The Morgan fingerprint density at radius 1 is 1.19 bits per heavy atom. The number of benzene rings is 2. The monoisotopic (exact) mass is 490 g/mol. The van der Waals surface area contributed by atoms with Crippen LogP contribution in [0.1, 0.15) is 27.0 Å². The van der Waals surface area contributed by atoms with E-state index in [2.05, 4.69) is 9.71 Å². The van der Waals surface area contributed by atoms with Crippen molar-refractivity contribution in [3.8, 4) is 5.75 Å². The number of anilines is 1. The van der Waals surface area contributed by atoms with Crippen LogP contribution in [0.5, 0.6) is 5.75 Å². The van der Waals surface area contributed by atoms with Gasteiger partial charge >= 0.3 is 5.97 Å². The number of ether oxygens (including phenoxy) is 2. The minimum Gasteiger partial charge on any atom is -0.493 e. The first-order chi connectivity index (χ1) is 15.3. The molecule has 0 bridgehead atoms. The Hall–Kier alpha value is -2.88. The van der Waals surface area contributed by atoms with Crippen LogP contribution in [0.25, 0.3) is 0 Å². The lowest BCUT2D eigenvalue weighted by Gasteiger charge is -2.18. The van der Waals surface area contributed by atoms with Gasteiger partial charge < -0.3 is 9.47 Å². The Kier molecular flexibility index (Phi) is 6.23. The Morgan fingerprint density at radius 3 is 2.75 bits per heavy atom. The van der Waals surface area contributed by atoms with Crippen molar-refractivity contribution in [1.82, 2.24) is 0 Å². The van der Waals surface area contributed by atoms with E-state index < -0.39 is 16.0 Å². The van der Waals surface area contributed by atoms with Crippen LogP contribution >= 0.6 is 22.9 Å². The van der Waals surface area contributed by atoms with Crippen molar-refractivity contribution in [3.05, 3.63) is 75.1 Å². The van der Waals surface area contributed by atoms with Crippen molar-refractivity contribution in [2.45, 2.75) is 10.6 Å². The molecule has 7 nitrogen and oxygen atoms in total. The molecule has 32 heavy (non-hydrogen) atoms. The van der Waals surface area contributed by atoms with Gasteiger partial charge in [-0.3, -0.25) is 9.71 Å². The van der Waals surface area contributed by atoms with Crippen LogP contribution in [-0.4, -0.2) is 40.9 Å². The highest BCUT2D eigenvalue weighted by Gasteiger charge is 2.28. The molecule has 0 radical (unpaired) electrons. The van der Waals surface area contributed by atoms with Gasteiger partial charge in [0.2, 0.25) is 0 Å². The number of nitrogens with zero attached hydrogens (tertiary/aromatic N) is 1. The number of thiophene rings is 1. The number of esters is 1. The summed E-state index contributed by atoms with van der Waals surface area (Å²) in [4.78, 5) is 16.6. The molecule has 3 aromatic rings. The van der Waals surface area contributed by atoms with Crippen LogP contribution in [0.2, 0.25) is 5.02 Å². The molecule has 0 saturated carbocycles. The van der Waals surface area contributed by atoms with Gasteiger partial charge in [0.1, 0.15) is 5.56 Å². The number of halogens is 1. The van der Waals surface area contributed by atoms with E-state index in [0.717, 1.165) is 40.2 Å². The van der Waals surface area contributed by atoms with E-state index >= 15 is 0 Å². The molecule has 1 aliphatic heterocycles. The highest BCUT2D eigenvalue weighted by molar-refractivity contribution is 7.94. The maximum atomic E-state index is 13.1. The summed E-state index contributed by atoms with van der Waals surface area (Å²) in [6, 6.07) is 12.7. The highest BCUT2D eigenvalue weighted by atomic mass is 35.5. The number of aliphatic imine (C=N–C) groups is 1. The number of nitrogens with one attached hydrogen (secondary N) is 1. The van der Waals surface area contributed by atoms with Crippen LogP contribution in [-0.2, 0) is 21.2 Å². The lowest BCUT2D eigenvalue weighted by molar-refractivity contribution is 0.0597. The molecule has 0 unspecified atom stereocenters. The molecule has 1 aliphatic rings. The van der Waals surface area contributed by atoms with E-state index in [1.54, 1.807) is 18.2 Å². The summed E-state index contributed by atoms with van der Waals surface area (Å²) in [6.45, 7) is 0.641. The number of rotatable bonds is 6. The van der Waals surface area contributed by atoms with Gasteiger partial charge in [-0.25, -0.2) is 13.2 Å². The number of hydrogen-bond donors (Lipinski definition) is 1.